The number of fused-ring (bicyclic) bond motifs is 1. The summed E-state index contributed by atoms with van der Waals surface area (Å²) in [5.41, 5.74) is 2.66. The molecule has 0 saturated heterocycles. The summed E-state index contributed by atoms with van der Waals surface area (Å²) in [7, 11) is 0. The van der Waals surface area contributed by atoms with Crippen LogP contribution in [0.3, 0.4) is 0 Å². The van der Waals surface area contributed by atoms with Crippen molar-refractivity contribution in [1.82, 2.24) is 4.98 Å². The van der Waals surface area contributed by atoms with Gasteiger partial charge in [-0.2, -0.15) is 0 Å². The first-order valence-electron chi connectivity index (χ1n) is 8.14. The van der Waals surface area contributed by atoms with Gasteiger partial charge in [0.1, 0.15) is 11.5 Å². The van der Waals surface area contributed by atoms with E-state index in [1.54, 1.807) is 6.07 Å². The lowest BCUT2D eigenvalue weighted by Gasteiger charge is -2.10. The number of hydrogen-bond donors (Lipinski definition) is 1. The predicted octanol–water partition coefficient (Wildman–Crippen LogP) is 5.82. The third-order valence-electron chi connectivity index (χ3n) is 4.04. The van der Waals surface area contributed by atoms with Crippen molar-refractivity contribution in [3.63, 3.8) is 0 Å². The largest absolute Gasteiger partial charge is 0.460 e. The summed E-state index contributed by atoms with van der Waals surface area (Å²) in [5.74, 6) is 1.26. The zero-order valence-electron chi connectivity index (χ0n) is 14.0. The van der Waals surface area contributed by atoms with Crippen LogP contribution in [-0.4, -0.2) is 10.9 Å². The molecule has 0 spiro atoms. The quantitative estimate of drug-likeness (QED) is 0.466. The van der Waals surface area contributed by atoms with E-state index in [2.05, 4.69) is 26.2 Å². The first-order valence-corrected chi connectivity index (χ1v) is 8.93. The van der Waals surface area contributed by atoms with Crippen molar-refractivity contribution in [2.24, 2.45) is 0 Å². The molecule has 0 aliphatic carbocycles. The van der Waals surface area contributed by atoms with Crippen LogP contribution in [0.1, 0.15) is 16.1 Å². The van der Waals surface area contributed by atoms with Crippen LogP contribution in [0.5, 0.6) is 0 Å². The molecule has 0 aliphatic rings. The molecule has 128 valence electrons. The van der Waals surface area contributed by atoms with Gasteiger partial charge in [0.2, 0.25) is 0 Å². The molecule has 1 N–H and O–H groups in total. The highest BCUT2D eigenvalue weighted by Gasteiger charge is 2.15. The molecule has 0 radical (unpaired) electrons. The second-order valence-corrected chi connectivity index (χ2v) is 6.86. The van der Waals surface area contributed by atoms with Crippen molar-refractivity contribution >= 4 is 38.4 Å². The number of nitrogens with one attached hydrogen (secondary N) is 1. The average molecular weight is 407 g/mol. The van der Waals surface area contributed by atoms with E-state index >= 15 is 0 Å². The predicted molar refractivity (Wildman–Crippen MR) is 106 cm³/mol. The van der Waals surface area contributed by atoms with Gasteiger partial charge in [0.25, 0.3) is 5.91 Å². The normalized spacial score (nSPS) is 10.8. The van der Waals surface area contributed by atoms with E-state index in [1.165, 1.54) is 0 Å². The molecule has 0 atom stereocenters. The van der Waals surface area contributed by atoms with Crippen LogP contribution in [-0.2, 0) is 0 Å². The number of carbonyl (C=O) groups excluding carboxylic acids is 1. The maximum Gasteiger partial charge on any atom is 0.256 e. The number of amides is 1. The van der Waals surface area contributed by atoms with Crippen molar-refractivity contribution in [3.8, 4) is 11.5 Å². The summed E-state index contributed by atoms with van der Waals surface area (Å²) in [6.45, 7) is 1.88. The molecule has 4 rings (SSSR count). The molecule has 0 bridgehead atoms. The van der Waals surface area contributed by atoms with Crippen molar-refractivity contribution < 1.29 is 9.21 Å². The number of aromatic nitrogens is 1. The Morgan fingerprint density at radius 2 is 1.88 bits per heavy atom. The average Bonchev–Trinajstić information content (AvgIpc) is 3.07. The summed E-state index contributed by atoms with van der Waals surface area (Å²) in [4.78, 5) is 17.6. The number of furan rings is 1. The third kappa shape index (κ3) is 3.26. The summed E-state index contributed by atoms with van der Waals surface area (Å²) in [6.07, 6.45) is 0. The van der Waals surface area contributed by atoms with E-state index in [4.69, 9.17) is 4.42 Å². The zero-order valence-corrected chi connectivity index (χ0v) is 15.6. The maximum absolute atomic E-state index is 12.9. The van der Waals surface area contributed by atoms with Gasteiger partial charge in [0.05, 0.1) is 11.1 Å². The molecule has 4 nitrogen and oxygen atoms in total. The summed E-state index contributed by atoms with van der Waals surface area (Å²) >= 11 is 3.42. The molecule has 2 heterocycles. The van der Waals surface area contributed by atoms with Crippen molar-refractivity contribution in [1.29, 1.82) is 0 Å². The van der Waals surface area contributed by atoms with Gasteiger partial charge < -0.3 is 9.73 Å². The molecule has 5 heteroatoms. The molecule has 26 heavy (non-hydrogen) atoms. The van der Waals surface area contributed by atoms with Crippen LogP contribution in [0.25, 0.3) is 22.4 Å². The van der Waals surface area contributed by atoms with Crippen molar-refractivity contribution in [2.45, 2.75) is 6.92 Å². The minimum absolute atomic E-state index is 0.189. The van der Waals surface area contributed by atoms with E-state index in [9.17, 15) is 4.79 Å². The number of carbonyl (C=O) groups is 1. The monoisotopic (exact) mass is 406 g/mol. The molecule has 0 saturated carbocycles. The van der Waals surface area contributed by atoms with E-state index in [-0.39, 0.29) is 5.91 Å². The highest BCUT2D eigenvalue weighted by molar-refractivity contribution is 9.10. The Kier molecular flexibility index (Phi) is 4.31. The number of hydrogen-bond acceptors (Lipinski definition) is 3. The van der Waals surface area contributed by atoms with E-state index in [0.717, 1.165) is 26.8 Å². The Morgan fingerprint density at radius 3 is 2.65 bits per heavy atom. The second kappa shape index (κ2) is 6.77. The number of benzene rings is 2. The van der Waals surface area contributed by atoms with Crippen molar-refractivity contribution in [3.05, 3.63) is 82.5 Å². The molecule has 2 aromatic carbocycles. The van der Waals surface area contributed by atoms with E-state index in [1.807, 2.05) is 67.6 Å². The standard InChI is InChI=1S/C21H15BrN2O2/c1-13-9-10-20(26-13)19-12-17(16-7-2-3-8-18(16)24-19)21(25)23-15-6-4-5-14(22)11-15/h2-12H,1H3,(H,23,25). The third-order valence-corrected chi connectivity index (χ3v) is 4.53. The fourth-order valence-corrected chi connectivity index (χ4v) is 3.23. The lowest BCUT2D eigenvalue weighted by molar-refractivity contribution is 0.102. The fourth-order valence-electron chi connectivity index (χ4n) is 2.83. The Balaban J connectivity index is 1.81. The smallest absolute Gasteiger partial charge is 0.256 e. The Morgan fingerprint density at radius 1 is 1.04 bits per heavy atom. The van der Waals surface area contributed by atoms with Gasteiger partial charge in [0, 0.05) is 15.5 Å². The van der Waals surface area contributed by atoms with E-state index < -0.39 is 0 Å². The lowest BCUT2D eigenvalue weighted by atomic mass is 10.1. The van der Waals surface area contributed by atoms with Crippen molar-refractivity contribution in [2.75, 3.05) is 5.32 Å². The zero-order chi connectivity index (χ0) is 18.1. The molecule has 4 aromatic rings. The first-order chi connectivity index (χ1) is 12.6. The topological polar surface area (TPSA) is 55.1 Å². The molecule has 1 amide bonds. The molecule has 0 unspecified atom stereocenters. The van der Waals surface area contributed by atoms with Crippen LogP contribution in [0.2, 0.25) is 0 Å². The Labute approximate surface area is 159 Å². The number of para-hydroxylation sites is 1. The molecule has 2 aromatic heterocycles. The Bertz CT molecular complexity index is 1120. The summed E-state index contributed by atoms with van der Waals surface area (Å²) in [6, 6.07) is 20.6. The molecule has 0 fully saturated rings. The molecular weight excluding hydrogens is 392 g/mol. The van der Waals surface area contributed by atoms with Crippen LogP contribution in [0.15, 0.2) is 75.6 Å². The van der Waals surface area contributed by atoms with Gasteiger partial charge in [-0.3, -0.25) is 4.79 Å². The maximum atomic E-state index is 12.9. The van der Waals surface area contributed by atoms with Crippen LogP contribution in [0.4, 0.5) is 5.69 Å². The molecule has 0 aliphatic heterocycles. The van der Waals surface area contributed by atoms with Crippen LogP contribution >= 0.6 is 15.9 Å². The number of nitrogens with zero attached hydrogens (tertiary/aromatic N) is 1. The number of rotatable bonds is 3. The number of halogens is 1. The minimum atomic E-state index is -0.189. The van der Waals surface area contributed by atoms with Gasteiger partial charge >= 0.3 is 0 Å². The van der Waals surface area contributed by atoms with Gasteiger partial charge in [-0.05, 0) is 49.4 Å². The van der Waals surface area contributed by atoms with Crippen LogP contribution < -0.4 is 5.32 Å². The highest BCUT2D eigenvalue weighted by atomic mass is 79.9. The SMILES string of the molecule is Cc1ccc(-c2cc(C(=O)Nc3cccc(Br)c3)c3ccccc3n2)o1. The first kappa shape index (κ1) is 16.5. The van der Waals surface area contributed by atoms with Gasteiger partial charge in [0.15, 0.2) is 5.76 Å². The summed E-state index contributed by atoms with van der Waals surface area (Å²) < 4.78 is 6.59. The van der Waals surface area contributed by atoms with Gasteiger partial charge in [-0.1, -0.05) is 40.2 Å². The second-order valence-electron chi connectivity index (χ2n) is 5.95. The summed E-state index contributed by atoms with van der Waals surface area (Å²) in [5, 5.41) is 3.75. The number of anilines is 1. The lowest BCUT2D eigenvalue weighted by Crippen LogP contribution is -2.13. The fraction of sp³-hybridized carbons (Fsp3) is 0.0476. The highest BCUT2D eigenvalue weighted by Crippen LogP contribution is 2.27. The van der Waals surface area contributed by atoms with Gasteiger partial charge in [-0.15, -0.1) is 0 Å². The van der Waals surface area contributed by atoms with Crippen LogP contribution in [0, 0.1) is 6.92 Å². The number of aryl methyl sites for hydroxylation is 1. The number of pyridine rings is 1. The molecular formula is C21H15BrN2O2. The Hall–Kier alpha value is -2.92. The minimum Gasteiger partial charge on any atom is -0.460 e. The van der Waals surface area contributed by atoms with Gasteiger partial charge in [-0.25, -0.2) is 4.98 Å². The van der Waals surface area contributed by atoms with E-state index in [0.29, 0.717) is 17.0 Å².